The predicted octanol–water partition coefficient (Wildman–Crippen LogP) is 0.298. The fourth-order valence-corrected chi connectivity index (χ4v) is 1.61. The molecule has 2 aromatic heterocycles. The van der Waals surface area contributed by atoms with E-state index in [0.717, 1.165) is 0 Å². The Labute approximate surface area is 104 Å². The van der Waals surface area contributed by atoms with Crippen molar-refractivity contribution in [1.82, 2.24) is 20.1 Å². The monoisotopic (exact) mass is 246 g/mol. The Morgan fingerprint density at radius 2 is 2.33 bits per heavy atom. The Balaban J connectivity index is 2.27. The molecule has 0 bridgehead atoms. The maximum atomic E-state index is 11.8. The molecule has 6 heteroatoms. The van der Waals surface area contributed by atoms with Crippen molar-refractivity contribution in [2.75, 3.05) is 13.2 Å². The third-order valence-electron chi connectivity index (χ3n) is 2.52. The molecule has 0 aromatic carbocycles. The summed E-state index contributed by atoms with van der Waals surface area (Å²) in [5.74, 6) is 0.417. The summed E-state index contributed by atoms with van der Waals surface area (Å²) in [6, 6.07) is 5.49. The molecule has 0 saturated carbocycles. The number of carbonyl (C=O) groups is 1. The summed E-state index contributed by atoms with van der Waals surface area (Å²) < 4.78 is 1.61. The second-order valence-corrected chi connectivity index (χ2v) is 3.72. The molecule has 0 unspecified atom stereocenters. The molecule has 6 nitrogen and oxygen atoms in total. The Morgan fingerprint density at radius 1 is 1.50 bits per heavy atom. The molecule has 0 aliphatic carbocycles. The molecule has 94 valence electrons. The Hall–Kier alpha value is -2.21. The van der Waals surface area contributed by atoms with Crippen LogP contribution in [0.1, 0.15) is 16.1 Å². The number of nitrogens with zero attached hydrogens (tertiary/aromatic N) is 3. The fourth-order valence-electron chi connectivity index (χ4n) is 1.61. The van der Waals surface area contributed by atoms with Crippen LogP contribution in [0.15, 0.2) is 30.6 Å². The van der Waals surface area contributed by atoms with Crippen molar-refractivity contribution in [2.45, 2.75) is 6.92 Å². The highest BCUT2D eigenvalue weighted by Gasteiger charge is 2.14. The minimum atomic E-state index is -0.247. The van der Waals surface area contributed by atoms with Gasteiger partial charge < -0.3 is 10.4 Å². The van der Waals surface area contributed by atoms with Crippen molar-refractivity contribution >= 4 is 5.91 Å². The van der Waals surface area contributed by atoms with E-state index in [4.69, 9.17) is 5.11 Å². The van der Waals surface area contributed by atoms with E-state index in [1.54, 1.807) is 17.8 Å². The third kappa shape index (κ3) is 2.38. The molecular weight excluding hydrogens is 232 g/mol. The number of hydrogen-bond acceptors (Lipinski definition) is 4. The van der Waals surface area contributed by atoms with Crippen LogP contribution in [0.25, 0.3) is 5.82 Å². The van der Waals surface area contributed by atoms with Gasteiger partial charge in [-0.1, -0.05) is 6.07 Å². The van der Waals surface area contributed by atoms with Gasteiger partial charge in [-0.2, -0.15) is 5.10 Å². The number of carbonyl (C=O) groups excluding carboxylic acids is 1. The lowest BCUT2D eigenvalue weighted by Crippen LogP contribution is -2.26. The molecular formula is C12H14N4O2. The molecule has 0 radical (unpaired) electrons. The van der Waals surface area contributed by atoms with Crippen LogP contribution < -0.4 is 5.32 Å². The normalized spacial score (nSPS) is 10.3. The lowest BCUT2D eigenvalue weighted by Gasteiger charge is -2.04. The van der Waals surface area contributed by atoms with E-state index in [1.807, 2.05) is 18.2 Å². The minimum Gasteiger partial charge on any atom is -0.395 e. The lowest BCUT2D eigenvalue weighted by atomic mass is 10.2. The first-order chi connectivity index (χ1) is 8.74. The summed E-state index contributed by atoms with van der Waals surface area (Å²) in [5, 5.41) is 15.4. The topological polar surface area (TPSA) is 80.0 Å². The van der Waals surface area contributed by atoms with Gasteiger partial charge in [0.1, 0.15) is 0 Å². The number of nitrogens with one attached hydrogen (secondary N) is 1. The quantitative estimate of drug-likeness (QED) is 0.813. The van der Waals surface area contributed by atoms with E-state index >= 15 is 0 Å². The number of hydrogen-bond donors (Lipinski definition) is 2. The van der Waals surface area contributed by atoms with E-state index in [0.29, 0.717) is 17.1 Å². The van der Waals surface area contributed by atoms with Crippen molar-refractivity contribution in [3.8, 4) is 5.82 Å². The van der Waals surface area contributed by atoms with Gasteiger partial charge in [0.15, 0.2) is 5.82 Å². The maximum Gasteiger partial charge on any atom is 0.254 e. The van der Waals surface area contributed by atoms with E-state index in [1.165, 1.54) is 6.20 Å². The largest absolute Gasteiger partial charge is 0.395 e. The fraction of sp³-hybridized carbons (Fsp3) is 0.250. The highest BCUT2D eigenvalue weighted by molar-refractivity contribution is 5.95. The van der Waals surface area contributed by atoms with Crippen molar-refractivity contribution < 1.29 is 9.90 Å². The Morgan fingerprint density at radius 3 is 3.00 bits per heavy atom. The lowest BCUT2D eigenvalue weighted by molar-refractivity contribution is 0.0944. The molecule has 2 heterocycles. The molecule has 0 spiro atoms. The molecule has 2 N–H and O–H groups in total. The first kappa shape index (κ1) is 12.3. The highest BCUT2D eigenvalue weighted by atomic mass is 16.3. The molecule has 1 amide bonds. The van der Waals surface area contributed by atoms with Crippen LogP contribution >= 0.6 is 0 Å². The van der Waals surface area contributed by atoms with Crippen LogP contribution in [0.3, 0.4) is 0 Å². The number of amides is 1. The molecule has 0 fully saturated rings. The molecule has 2 rings (SSSR count). The molecule has 2 aromatic rings. The molecule has 0 aliphatic heterocycles. The van der Waals surface area contributed by atoms with E-state index < -0.39 is 0 Å². The average molecular weight is 246 g/mol. The summed E-state index contributed by atoms with van der Waals surface area (Å²) in [7, 11) is 0. The third-order valence-corrected chi connectivity index (χ3v) is 2.52. The van der Waals surface area contributed by atoms with Crippen LogP contribution in [0.4, 0.5) is 0 Å². The van der Waals surface area contributed by atoms with Crippen LogP contribution in [0, 0.1) is 6.92 Å². The molecule has 0 atom stereocenters. The maximum absolute atomic E-state index is 11.8. The van der Waals surface area contributed by atoms with E-state index in [-0.39, 0.29) is 19.1 Å². The summed E-state index contributed by atoms with van der Waals surface area (Å²) in [6.07, 6.45) is 3.17. The van der Waals surface area contributed by atoms with E-state index in [9.17, 15) is 4.79 Å². The second kappa shape index (κ2) is 5.42. The van der Waals surface area contributed by atoms with Crippen molar-refractivity contribution in [2.24, 2.45) is 0 Å². The zero-order valence-corrected chi connectivity index (χ0v) is 10.00. The van der Waals surface area contributed by atoms with Gasteiger partial charge in [-0.15, -0.1) is 0 Å². The Kier molecular flexibility index (Phi) is 3.69. The minimum absolute atomic E-state index is 0.0842. The van der Waals surface area contributed by atoms with Crippen LogP contribution in [0.2, 0.25) is 0 Å². The summed E-state index contributed by atoms with van der Waals surface area (Å²) in [6.45, 7) is 1.95. The second-order valence-electron chi connectivity index (χ2n) is 3.72. The van der Waals surface area contributed by atoms with Crippen LogP contribution in [-0.2, 0) is 0 Å². The summed E-state index contributed by atoms with van der Waals surface area (Å²) in [5.41, 5.74) is 1.19. The zero-order valence-electron chi connectivity index (χ0n) is 10.00. The summed E-state index contributed by atoms with van der Waals surface area (Å²) >= 11 is 0. The molecule has 0 saturated heterocycles. The number of rotatable bonds is 4. The van der Waals surface area contributed by atoms with Gasteiger partial charge >= 0.3 is 0 Å². The Bertz CT molecular complexity index is 536. The highest BCUT2D eigenvalue weighted by Crippen LogP contribution is 2.11. The predicted molar refractivity (Wildman–Crippen MR) is 65.5 cm³/mol. The first-order valence-electron chi connectivity index (χ1n) is 5.59. The van der Waals surface area contributed by atoms with Gasteiger partial charge in [0.2, 0.25) is 0 Å². The smallest absolute Gasteiger partial charge is 0.254 e. The van der Waals surface area contributed by atoms with Gasteiger partial charge in [0.25, 0.3) is 5.91 Å². The van der Waals surface area contributed by atoms with Gasteiger partial charge in [0, 0.05) is 12.7 Å². The van der Waals surface area contributed by atoms with Crippen molar-refractivity contribution in [3.05, 3.63) is 41.9 Å². The van der Waals surface area contributed by atoms with Crippen LogP contribution in [0.5, 0.6) is 0 Å². The van der Waals surface area contributed by atoms with Crippen LogP contribution in [-0.4, -0.2) is 38.9 Å². The van der Waals surface area contributed by atoms with E-state index in [2.05, 4.69) is 15.4 Å². The number of aliphatic hydroxyl groups is 1. The SMILES string of the molecule is Cc1c(C(=O)NCCO)cnn1-c1ccccn1. The number of aromatic nitrogens is 3. The number of aliphatic hydroxyl groups excluding tert-OH is 1. The zero-order chi connectivity index (χ0) is 13.0. The number of pyridine rings is 1. The van der Waals surface area contributed by atoms with Gasteiger partial charge in [0.05, 0.1) is 24.1 Å². The van der Waals surface area contributed by atoms with Crippen molar-refractivity contribution in [1.29, 1.82) is 0 Å². The van der Waals surface area contributed by atoms with Gasteiger partial charge in [-0.25, -0.2) is 9.67 Å². The van der Waals surface area contributed by atoms with Crippen molar-refractivity contribution in [3.63, 3.8) is 0 Å². The van der Waals surface area contributed by atoms with Gasteiger partial charge in [-0.05, 0) is 19.1 Å². The molecule has 0 aliphatic rings. The molecule has 18 heavy (non-hydrogen) atoms. The first-order valence-corrected chi connectivity index (χ1v) is 5.59. The summed E-state index contributed by atoms with van der Waals surface area (Å²) in [4.78, 5) is 15.9. The standard InChI is InChI=1S/C12H14N4O2/c1-9-10(12(18)14-6-7-17)8-15-16(9)11-4-2-3-5-13-11/h2-5,8,17H,6-7H2,1H3,(H,14,18). The van der Waals surface area contributed by atoms with Gasteiger partial charge in [-0.3, -0.25) is 4.79 Å². The average Bonchev–Trinajstić information content (AvgIpc) is 2.79.